The van der Waals surface area contributed by atoms with E-state index in [1.165, 1.54) is 11.8 Å². The van der Waals surface area contributed by atoms with Crippen LogP contribution in [0.4, 0.5) is 0 Å². The van der Waals surface area contributed by atoms with Gasteiger partial charge in [0.25, 0.3) is 5.91 Å². The first-order chi connectivity index (χ1) is 11.7. The van der Waals surface area contributed by atoms with E-state index < -0.39 is 0 Å². The number of piperidine rings is 1. The summed E-state index contributed by atoms with van der Waals surface area (Å²) < 4.78 is 5.44. The molecule has 3 aromatic rings. The molecule has 0 bridgehead atoms. The fourth-order valence-electron chi connectivity index (χ4n) is 3.39. The van der Waals surface area contributed by atoms with E-state index in [1.807, 2.05) is 23.1 Å². The number of likely N-dealkylation sites (tertiary alicyclic amines) is 1. The number of amides is 1. The first kappa shape index (κ1) is 14.9. The summed E-state index contributed by atoms with van der Waals surface area (Å²) in [5.74, 6) is 1.15. The van der Waals surface area contributed by atoms with Gasteiger partial charge in [-0.25, -0.2) is 0 Å². The summed E-state index contributed by atoms with van der Waals surface area (Å²) in [6.45, 7) is 3.79. The fourth-order valence-corrected chi connectivity index (χ4v) is 3.39. The van der Waals surface area contributed by atoms with Crippen molar-refractivity contribution in [3.8, 4) is 11.3 Å². The topological polar surface area (TPSA) is 46.3 Å². The predicted molar refractivity (Wildman–Crippen MR) is 93.7 cm³/mol. The Morgan fingerprint density at radius 1 is 1.17 bits per heavy atom. The van der Waals surface area contributed by atoms with Crippen molar-refractivity contribution in [2.75, 3.05) is 13.1 Å². The minimum absolute atomic E-state index is 0.0302. The zero-order chi connectivity index (χ0) is 16.5. The summed E-state index contributed by atoms with van der Waals surface area (Å²) in [6, 6.07) is 16.0. The van der Waals surface area contributed by atoms with E-state index in [4.69, 9.17) is 4.52 Å². The van der Waals surface area contributed by atoms with Crippen LogP contribution in [0, 0.1) is 5.92 Å². The number of nitrogens with zero attached hydrogens (tertiary/aromatic N) is 2. The molecule has 0 radical (unpaired) electrons. The second kappa shape index (κ2) is 6.11. The molecule has 4 rings (SSSR count). The van der Waals surface area contributed by atoms with Crippen molar-refractivity contribution in [1.82, 2.24) is 10.1 Å². The molecule has 0 N–H and O–H groups in total. The van der Waals surface area contributed by atoms with Crippen LogP contribution in [0.2, 0.25) is 0 Å². The van der Waals surface area contributed by atoms with Crippen LogP contribution in [0.15, 0.2) is 53.1 Å². The Balaban J connectivity index is 1.60. The van der Waals surface area contributed by atoms with Crippen molar-refractivity contribution in [3.05, 3.63) is 54.2 Å². The molecule has 2 aromatic carbocycles. The molecule has 122 valence electrons. The molecule has 0 aliphatic carbocycles. The van der Waals surface area contributed by atoms with E-state index in [9.17, 15) is 4.79 Å². The van der Waals surface area contributed by atoms with Gasteiger partial charge in [-0.2, -0.15) is 0 Å². The number of carbonyl (C=O) groups excluding carboxylic acids is 1. The summed E-state index contributed by atoms with van der Waals surface area (Å²) in [6.07, 6.45) is 2.24. The third kappa shape index (κ3) is 2.80. The molecular formula is C20H20N2O2. The third-order valence-electron chi connectivity index (χ3n) is 4.71. The van der Waals surface area contributed by atoms with Gasteiger partial charge < -0.3 is 9.42 Å². The summed E-state index contributed by atoms with van der Waals surface area (Å²) in [5.41, 5.74) is 1.33. The molecule has 1 aliphatic heterocycles. The number of aromatic nitrogens is 1. The normalized spacial score (nSPS) is 18.0. The Morgan fingerprint density at radius 2 is 2.00 bits per heavy atom. The predicted octanol–water partition coefficient (Wildman–Crippen LogP) is 4.37. The van der Waals surface area contributed by atoms with Crippen LogP contribution in [0.5, 0.6) is 0 Å². The molecule has 1 atom stereocenters. The molecule has 1 saturated heterocycles. The van der Waals surface area contributed by atoms with Gasteiger partial charge in [-0.1, -0.05) is 48.5 Å². The molecule has 4 heteroatoms. The van der Waals surface area contributed by atoms with Gasteiger partial charge in [0.1, 0.15) is 0 Å². The second-order valence-electron chi connectivity index (χ2n) is 6.64. The lowest BCUT2D eigenvalue weighted by molar-refractivity contribution is 0.0672. The first-order valence-corrected chi connectivity index (χ1v) is 8.46. The van der Waals surface area contributed by atoms with Crippen LogP contribution in [0.3, 0.4) is 0 Å². The number of hydrogen-bond donors (Lipinski definition) is 0. The van der Waals surface area contributed by atoms with Crippen molar-refractivity contribution in [1.29, 1.82) is 0 Å². The zero-order valence-corrected chi connectivity index (χ0v) is 13.7. The maximum Gasteiger partial charge on any atom is 0.276 e. The van der Waals surface area contributed by atoms with Gasteiger partial charge in [0.15, 0.2) is 11.5 Å². The third-order valence-corrected chi connectivity index (χ3v) is 4.71. The Morgan fingerprint density at radius 3 is 2.83 bits per heavy atom. The number of rotatable bonds is 2. The molecule has 1 unspecified atom stereocenters. The monoisotopic (exact) mass is 320 g/mol. The highest BCUT2D eigenvalue weighted by molar-refractivity contribution is 5.93. The van der Waals surface area contributed by atoms with E-state index in [0.717, 1.165) is 30.5 Å². The Hall–Kier alpha value is -2.62. The van der Waals surface area contributed by atoms with Gasteiger partial charge in [-0.05, 0) is 35.6 Å². The van der Waals surface area contributed by atoms with Gasteiger partial charge in [-0.15, -0.1) is 0 Å². The summed E-state index contributed by atoms with van der Waals surface area (Å²) >= 11 is 0. The quantitative estimate of drug-likeness (QED) is 0.704. The Bertz CT molecular complexity index is 884. The average molecular weight is 320 g/mol. The first-order valence-electron chi connectivity index (χ1n) is 8.46. The van der Waals surface area contributed by atoms with Crippen LogP contribution in [0.1, 0.15) is 30.3 Å². The van der Waals surface area contributed by atoms with Crippen LogP contribution in [-0.4, -0.2) is 29.1 Å². The van der Waals surface area contributed by atoms with E-state index in [-0.39, 0.29) is 5.91 Å². The second-order valence-corrected chi connectivity index (χ2v) is 6.64. The van der Waals surface area contributed by atoms with Gasteiger partial charge >= 0.3 is 0 Å². The van der Waals surface area contributed by atoms with Crippen LogP contribution in [0.25, 0.3) is 22.1 Å². The van der Waals surface area contributed by atoms with Gasteiger partial charge in [0.05, 0.1) is 0 Å². The van der Waals surface area contributed by atoms with E-state index in [1.54, 1.807) is 6.07 Å². The minimum atomic E-state index is -0.0302. The lowest BCUT2D eigenvalue weighted by atomic mass is 10.00. The summed E-state index contributed by atoms with van der Waals surface area (Å²) in [7, 11) is 0. The molecule has 2 heterocycles. The maximum atomic E-state index is 12.6. The van der Waals surface area contributed by atoms with Crippen molar-refractivity contribution >= 4 is 16.7 Å². The minimum Gasteiger partial charge on any atom is -0.355 e. The molecule has 0 saturated carbocycles. The highest BCUT2D eigenvalue weighted by Crippen LogP contribution is 2.26. The lowest BCUT2D eigenvalue weighted by Gasteiger charge is -2.30. The molecule has 1 aromatic heterocycles. The van der Waals surface area contributed by atoms with Crippen molar-refractivity contribution in [3.63, 3.8) is 0 Å². The van der Waals surface area contributed by atoms with E-state index in [0.29, 0.717) is 17.4 Å². The van der Waals surface area contributed by atoms with Crippen LogP contribution >= 0.6 is 0 Å². The molecule has 1 amide bonds. The molecule has 4 nitrogen and oxygen atoms in total. The number of benzene rings is 2. The van der Waals surface area contributed by atoms with Crippen molar-refractivity contribution in [2.24, 2.45) is 5.92 Å². The number of carbonyl (C=O) groups is 1. The standard InChI is InChI=1S/C20H20N2O2/c1-14-5-4-10-22(13-14)20(23)18-12-19(24-21-18)17-9-8-15-6-2-3-7-16(15)11-17/h2-3,6-9,11-12,14H,4-5,10,13H2,1H3. The van der Waals surface area contributed by atoms with Gasteiger partial charge in [-0.3, -0.25) is 4.79 Å². The average Bonchev–Trinajstić information content (AvgIpc) is 3.11. The fraction of sp³-hybridized carbons (Fsp3) is 0.300. The number of hydrogen-bond acceptors (Lipinski definition) is 3. The van der Waals surface area contributed by atoms with Crippen molar-refractivity contribution in [2.45, 2.75) is 19.8 Å². The van der Waals surface area contributed by atoms with Crippen LogP contribution in [-0.2, 0) is 0 Å². The zero-order valence-electron chi connectivity index (χ0n) is 13.7. The molecule has 24 heavy (non-hydrogen) atoms. The SMILES string of the molecule is CC1CCCN(C(=O)c2cc(-c3ccc4ccccc4c3)on2)C1. The highest BCUT2D eigenvalue weighted by Gasteiger charge is 2.24. The number of fused-ring (bicyclic) bond motifs is 1. The molecule has 0 spiro atoms. The Labute approximate surface area is 141 Å². The summed E-state index contributed by atoms with van der Waals surface area (Å²) in [5, 5.41) is 6.33. The summed E-state index contributed by atoms with van der Waals surface area (Å²) in [4.78, 5) is 14.5. The van der Waals surface area contributed by atoms with E-state index in [2.05, 4.69) is 36.3 Å². The van der Waals surface area contributed by atoms with Gasteiger partial charge in [0.2, 0.25) is 0 Å². The van der Waals surface area contributed by atoms with Crippen molar-refractivity contribution < 1.29 is 9.32 Å². The smallest absolute Gasteiger partial charge is 0.276 e. The Kier molecular flexibility index (Phi) is 3.81. The van der Waals surface area contributed by atoms with Crippen LogP contribution < -0.4 is 0 Å². The van der Waals surface area contributed by atoms with E-state index >= 15 is 0 Å². The highest BCUT2D eigenvalue weighted by atomic mass is 16.5. The largest absolute Gasteiger partial charge is 0.355 e. The molecule has 1 fully saturated rings. The maximum absolute atomic E-state index is 12.6. The van der Waals surface area contributed by atoms with Gasteiger partial charge in [0, 0.05) is 24.7 Å². The lowest BCUT2D eigenvalue weighted by Crippen LogP contribution is -2.39. The molecular weight excluding hydrogens is 300 g/mol. The molecule has 1 aliphatic rings.